The average molecular weight is 739 g/mol. The van der Waals surface area contributed by atoms with Gasteiger partial charge in [0, 0.05) is 10.8 Å². The summed E-state index contributed by atoms with van der Waals surface area (Å²) in [5.74, 6) is 0. The van der Waals surface area contributed by atoms with E-state index in [4.69, 9.17) is 0 Å². The Morgan fingerprint density at radius 1 is 0.259 bits per heavy atom. The van der Waals surface area contributed by atoms with E-state index < -0.39 is 0 Å². The lowest BCUT2D eigenvalue weighted by molar-refractivity contribution is 0.660. The minimum absolute atomic E-state index is 0.0423. The van der Waals surface area contributed by atoms with Crippen LogP contribution < -0.4 is 0 Å². The van der Waals surface area contributed by atoms with Crippen molar-refractivity contribution < 1.29 is 0 Å². The molecule has 2 aliphatic carbocycles. The molecule has 12 rings (SSSR count). The minimum Gasteiger partial charge on any atom is -0.0616 e. The maximum atomic E-state index is 2.50. The number of fused-ring (bicyclic) bond motifs is 10. The molecule has 0 saturated heterocycles. The van der Waals surface area contributed by atoms with Gasteiger partial charge in [-0.15, -0.1) is 0 Å². The quantitative estimate of drug-likeness (QED) is 0.158. The highest BCUT2D eigenvalue weighted by molar-refractivity contribution is 6.23. The van der Waals surface area contributed by atoms with Gasteiger partial charge in [-0.25, -0.2) is 0 Å². The van der Waals surface area contributed by atoms with Crippen LogP contribution >= 0.6 is 0 Å². The smallest absolute Gasteiger partial charge is 0.0159 e. The summed E-state index contributed by atoms with van der Waals surface area (Å²) in [5, 5.41) is 10.3. The fourth-order valence-electron chi connectivity index (χ4n) is 10.9. The van der Waals surface area contributed by atoms with Crippen LogP contribution in [0.4, 0.5) is 0 Å². The summed E-state index contributed by atoms with van der Waals surface area (Å²) in [6.07, 6.45) is 0. The van der Waals surface area contributed by atoms with Crippen molar-refractivity contribution in [3.8, 4) is 55.6 Å². The molecule has 0 aromatic heterocycles. The van der Waals surface area contributed by atoms with Gasteiger partial charge in [-0.2, -0.15) is 0 Å². The van der Waals surface area contributed by atoms with Crippen molar-refractivity contribution in [1.29, 1.82) is 0 Å². The fraction of sp³-hybridized carbons (Fsp3) is 0.103. The molecule has 10 aromatic rings. The summed E-state index contributed by atoms with van der Waals surface area (Å²) in [6.45, 7) is 9.58. The molecule has 0 fully saturated rings. The normalized spacial score (nSPS) is 14.5. The molecule has 274 valence electrons. The van der Waals surface area contributed by atoms with Crippen LogP contribution in [0.1, 0.15) is 49.9 Å². The lowest BCUT2D eigenvalue weighted by Crippen LogP contribution is -2.15. The monoisotopic (exact) mass is 738 g/mol. The maximum Gasteiger partial charge on any atom is 0.0159 e. The SMILES string of the molecule is CC1(C)c2cc(-c3ccc4c(c3)-c3cc5ccccc5cc3C4(C)C)ccc2-c2ccc(-c3c4ccccc4c(-c4cccc5ccccc45)c4ccccc34)cc21. The van der Waals surface area contributed by atoms with Gasteiger partial charge in [0.05, 0.1) is 0 Å². The van der Waals surface area contributed by atoms with Crippen molar-refractivity contribution in [3.05, 3.63) is 204 Å². The first-order valence-corrected chi connectivity index (χ1v) is 20.7. The predicted molar refractivity (Wildman–Crippen MR) is 248 cm³/mol. The molecule has 2 aliphatic rings. The first-order chi connectivity index (χ1) is 28.3. The van der Waals surface area contributed by atoms with Crippen molar-refractivity contribution in [3.63, 3.8) is 0 Å². The molecule has 0 unspecified atom stereocenters. The molecule has 0 spiro atoms. The molecule has 0 heteroatoms. The van der Waals surface area contributed by atoms with Gasteiger partial charge in [-0.05, 0) is 151 Å². The van der Waals surface area contributed by atoms with E-state index >= 15 is 0 Å². The lowest BCUT2D eigenvalue weighted by Gasteiger charge is -2.24. The van der Waals surface area contributed by atoms with E-state index in [0.717, 1.165) is 0 Å². The number of rotatable bonds is 3. The molecule has 0 amide bonds. The summed E-state index contributed by atoms with van der Waals surface area (Å²) < 4.78 is 0. The average Bonchev–Trinajstić information content (AvgIpc) is 3.62. The third-order valence-electron chi connectivity index (χ3n) is 13.8. The molecule has 0 nitrogen and oxygen atoms in total. The van der Waals surface area contributed by atoms with Crippen LogP contribution in [-0.2, 0) is 10.8 Å². The molecular weight excluding hydrogens is 697 g/mol. The van der Waals surface area contributed by atoms with Crippen LogP contribution in [0.3, 0.4) is 0 Å². The number of hydrogen-bond acceptors (Lipinski definition) is 0. The van der Waals surface area contributed by atoms with Gasteiger partial charge in [0.2, 0.25) is 0 Å². The molecule has 0 aliphatic heterocycles. The fourth-order valence-corrected chi connectivity index (χ4v) is 10.9. The summed E-state index contributed by atoms with van der Waals surface area (Å²) in [5.41, 5.74) is 18.5. The Labute approximate surface area is 340 Å². The van der Waals surface area contributed by atoms with Crippen LogP contribution in [-0.4, -0.2) is 0 Å². The molecule has 10 aromatic carbocycles. The molecule has 0 heterocycles. The van der Waals surface area contributed by atoms with Crippen LogP contribution in [0.15, 0.2) is 182 Å². The largest absolute Gasteiger partial charge is 0.0616 e. The van der Waals surface area contributed by atoms with Gasteiger partial charge in [0.1, 0.15) is 0 Å². The first kappa shape index (κ1) is 33.4. The molecular formula is C58H42. The van der Waals surface area contributed by atoms with E-state index in [2.05, 4.69) is 210 Å². The Kier molecular flexibility index (Phi) is 6.84. The van der Waals surface area contributed by atoms with Crippen molar-refractivity contribution in [1.82, 2.24) is 0 Å². The van der Waals surface area contributed by atoms with E-state index in [1.807, 2.05) is 0 Å². The van der Waals surface area contributed by atoms with Gasteiger partial charge < -0.3 is 0 Å². The summed E-state index contributed by atoms with van der Waals surface area (Å²) in [7, 11) is 0. The van der Waals surface area contributed by atoms with E-state index in [1.165, 1.54) is 121 Å². The third kappa shape index (κ3) is 4.58. The molecule has 0 radical (unpaired) electrons. The number of hydrogen-bond donors (Lipinski definition) is 0. The summed E-state index contributed by atoms with van der Waals surface area (Å²) in [6, 6.07) is 68.8. The first-order valence-electron chi connectivity index (χ1n) is 20.7. The van der Waals surface area contributed by atoms with E-state index in [9.17, 15) is 0 Å². The summed E-state index contributed by atoms with van der Waals surface area (Å²) >= 11 is 0. The van der Waals surface area contributed by atoms with Crippen LogP contribution in [0, 0.1) is 0 Å². The highest BCUT2D eigenvalue weighted by atomic mass is 14.4. The summed E-state index contributed by atoms with van der Waals surface area (Å²) in [4.78, 5) is 0. The highest BCUT2D eigenvalue weighted by Crippen LogP contribution is 2.54. The molecule has 58 heavy (non-hydrogen) atoms. The maximum absolute atomic E-state index is 2.50. The second-order valence-electron chi connectivity index (χ2n) is 17.6. The van der Waals surface area contributed by atoms with E-state index in [1.54, 1.807) is 0 Å². The third-order valence-corrected chi connectivity index (χ3v) is 13.8. The lowest BCUT2D eigenvalue weighted by atomic mass is 9.79. The second-order valence-corrected chi connectivity index (χ2v) is 17.6. The van der Waals surface area contributed by atoms with Gasteiger partial charge >= 0.3 is 0 Å². The Morgan fingerprint density at radius 3 is 1.38 bits per heavy atom. The zero-order valence-electron chi connectivity index (χ0n) is 33.3. The molecule has 0 saturated carbocycles. The van der Waals surface area contributed by atoms with Gasteiger partial charge in [-0.1, -0.05) is 179 Å². The Balaban J connectivity index is 0.990. The van der Waals surface area contributed by atoms with Crippen LogP contribution in [0.2, 0.25) is 0 Å². The van der Waals surface area contributed by atoms with E-state index in [0.29, 0.717) is 0 Å². The zero-order valence-corrected chi connectivity index (χ0v) is 33.3. The van der Waals surface area contributed by atoms with Gasteiger partial charge in [0.25, 0.3) is 0 Å². The molecule has 0 N–H and O–H groups in total. The van der Waals surface area contributed by atoms with Crippen molar-refractivity contribution in [2.45, 2.75) is 38.5 Å². The topological polar surface area (TPSA) is 0 Å². The highest BCUT2D eigenvalue weighted by Gasteiger charge is 2.38. The second kappa shape index (κ2) is 11.9. The van der Waals surface area contributed by atoms with Gasteiger partial charge in [-0.3, -0.25) is 0 Å². The molecule has 0 atom stereocenters. The molecule has 0 bridgehead atoms. The Hall–Kier alpha value is -6.76. The van der Waals surface area contributed by atoms with E-state index in [-0.39, 0.29) is 10.8 Å². The van der Waals surface area contributed by atoms with Crippen molar-refractivity contribution in [2.75, 3.05) is 0 Å². The van der Waals surface area contributed by atoms with Gasteiger partial charge in [0.15, 0.2) is 0 Å². The number of benzene rings is 10. The Morgan fingerprint density at radius 2 is 0.707 bits per heavy atom. The standard InChI is InChI=1S/C58H42/c1-57(2)51-29-26-38(31-49(51)50-30-36-15-5-6-16-37(36)32-54(50)57)39-24-27-42-43-28-25-40(34-53(43)58(3,4)52(42)33-39)55-45-19-9-11-21-47(45)56(48-22-12-10-20-46(48)55)44-23-13-17-35-14-7-8-18-41(35)44/h5-34H,1-4H3. The van der Waals surface area contributed by atoms with Crippen LogP contribution in [0.5, 0.6) is 0 Å². The van der Waals surface area contributed by atoms with Crippen LogP contribution in [0.25, 0.3) is 98.7 Å². The minimum atomic E-state index is -0.171. The Bertz CT molecular complexity index is 3330. The van der Waals surface area contributed by atoms with Crippen molar-refractivity contribution >= 4 is 43.1 Å². The predicted octanol–water partition coefficient (Wildman–Crippen LogP) is 15.9. The van der Waals surface area contributed by atoms with Crippen molar-refractivity contribution in [2.24, 2.45) is 0 Å². The zero-order chi connectivity index (χ0) is 38.9.